The number of carbonyl (C=O) groups excluding carboxylic acids is 1. The van der Waals surface area contributed by atoms with E-state index >= 15 is 0 Å². The summed E-state index contributed by atoms with van der Waals surface area (Å²) < 4.78 is 0. The fourth-order valence-electron chi connectivity index (χ4n) is 1.43. The van der Waals surface area contributed by atoms with E-state index in [-0.39, 0.29) is 5.91 Å². The van der Waals surface area contributed by atoms with Gasteiger partial charge in [-0.15, -0.1) is 0 Å². The van der Waals surface area contributed by atoms with Crippen LogP contribution < -0.4 is 10.2 Å². The van der Waals surface area contributed by atoms with Crippen LogP contribution in [-0.4, -0.2) is 30.0 Å². The molecule has 1 amide bonds. The highest BCUT2D eigenvalue weighted by atomic mass is 16.1. The third kappa shape index (κ3) is 2.82. The van der Waals surface area contributed by atoms with E-state index in [1.54, 1.807) is 36.7 Å². The number of carbonyl (C=O) groups is 1. The first kappa shape index (κ1) is 12.0. The summed E-state index contributed by atoms with van der Waals surface area (Å²) in [7, 11) is 3.76. The normalized spacial score (nSPS) is 9.89. The van der Waals surface area contributed by atoms with Crippen LogP contribution in [0, 0.1) is 0 Å². The van der Waals surface area contributed by atoms with Gasteiger partial charge in [0.25, 0.3) is 5.91 Å². The molecule has 0 bridgehead atoms. The number of hydrogen-bond donors (Lipinski definition) is 1. The predicted octanol–water partition coefficient (Wildman–Crippen LogP) is 1.79. The monoisotopic (exact) mass is 242 g/mol. The average Bonchev–Trinajstić information content (AvgIpc) is 2.40. The van der Waals surface area contributed by atoms with E-state index in [2.05, 4.69) is 15.3 Å². The van der Waals surface area contributed by atoms with E-state index in [0.29, 0.717) is 11.4 Å². The molecule has 2 rings (SSSR count). The highest BCUT2D eigenvalue weighted by molar-refractivity contribution is 6.04. The molecule has 0 saturated carbocycles. The molecule has 92 valence electrons. The Morgan fingerprint density at radius 1 is 1.17 bits per heavy atom. The third-order valence-electron chi connectivity index (χ3n) is 2.37. The Morgan fingerprint density at radius 3 is 2.67 bits per heavy atom. The van der Waals surface area contributed by atoms with Crippen LogP contribution in [0.2, 0.25) is 0 Å². The number of nitrogens with one attached hydrogen (secondary N) is 1. The van der Waals surface area contributed by atoms with Crippen LogP contribution in [0.1, 0.15) is 10.4 Å². The average molecular weight is 242 g/mol. The fraction of sp³-hybridized carbons (Fsp3) is 0.154. The minimum absolute atomic E-state index is 0.195. The van der Waals surface area contributed by atoms with Gasteiger partial charge < -0.3 is 10.2 Å². The maximum Gasteiger partial charge on any atom is 0.257 e. The van der Waals surface area contributed by atoms with Crippen molar-refractivity contribution in [1.29, 1.82) is 0 Å². The van der Waals surface area contributed by atoms with Crippen LogP contribution in [0.15, 0.2) is 42.7 Å². The lowest BCUT2D eigenvalue weighted by molar-refractivity contribution is 0.102. The molecule has 2 heterocycles. The molecule has 0 fully saturated rings. The second-order valence-electron chi connectivity index (χ2n) is 3.97. The van der Waals surface area contributed by atoms with E-state index in [1.165, 1.54) is 0 Å². The Morgan fingerprint density at radius 2 is 2.00 bits per heavy atom. The number of anilines is 2. The van der Waals surface area contributed by atoms with Gasteiger partial charge in [0.15, 0.2) is 0 Å². The van der Waals surface area contributed by atoms with Crippen molar-refractivity contribution in [3.63, 3.8) is 0 Å². The van der Waals surface area contributed by atoms with Gasteiger partial charge in [0.1, 0.15) is 11.6 Å². The molecular formula is C13H14N4O. The Balaban J connectivity index is 2.16. The lowest BCUT2D eigenvalue weighted by Gasteiger charge is -2.11. The molecule has 0 atom stereocenters. The van der Waals surface area contributed by atoms with Crippen LogP contribution in [0.3, 0.4) is 0 Å². The second kappa shape index (κ2) is 5.27. The molecule has 2 aromatic rings. The number of rotatable bonds is 3. The zero-order valence-corrected chi connectivity index (χ0v) is 10.3. The van der Waals surface area contributed by atoms with Crippen LogP contribution >= 0.6 is 0 Å². The van der Waals surface area contributed by atoms with Crippen LogP contribution in [0.4, 0.5) is 11.6 Å². The molecule has 0 aliphatic rings. The molecule has 2 aromatic heterocycles. The van der Waals surface area contributed by atoms with Crippen molar-refractivity contribution in [2.75, 3.05) is 24.3 Å². The zero-order chi connectivity index (χ0) is 13.0. The maximum atomic E-state index is 12.0. The molecular weight excluding hydrogens is 228 g/mol. The molecule has 1 N–H and O–H groups in total. The van der Waals surface area contributed by atoms with Crippen molar-refractivity contribution in [2.45, 2.75) is 0 Å². The summed E-state index contributed by atoms with van der Waals surface area (Å²) in [4.78, 5) is 22.0. The van der Waals surface area contributed by atoms with Gasteiger partial charge in [-0.2, -0.15) is 0 Å². The number of aromatic nitrogens is 2. The van der Waals surface area contributed by atoms with E-state index < -0.39 is 0 Å². The lowest BCUT2D eigenvalue weighted by atomic mass is 10.2. The minimum Gasteiger partial charge on any atom is -0.363 e. The molecule has 0 aliphatic heterocycles. The Kier molecular flexibility index (Phi) is 3.52. The Bertz CT molecular complexity index is 540. The topological polar surface area (TPSA) is 58.1 Å². The summed E-state index contributed by atoms with van der Waals surface area (Å²) in [6.45, 7) is 0. The summed E-state index contributed by atoms with van der Waals surface area (Å²) in [5.41, 5.74) is 0.555. The molecule has 0 aromatic carbocycles. The molecule has 0 radical (unpaired) electrons. The van der Waals surface area contributed by atoms with Gasteiger partial charge in [-0.1, -0.05) is 6.07 Å². The Hall–Kier alpha value is -2.43. The maximum absolute atomic E-state index is 12.0. The van der Waals surface area contributed by atoms with E-state index in [0.717, 1.165) is 5.82 Å². The number of amides is 1. The quantitative estimate of drug-likeness (QED) is 0.891. The number of hydrogen-bond acceptors (Lipinski definition) is 4. The molecule has 5 heteroatoms. The lowest BCUT2D eigenvalue weighted by Crippen LogP contribution is -2.15. The largest absolute Gasteiger partial charge is 0.363 e. The molecule has 0 unspecified atom stereocenters. The second-order valence-corrected chi connectivity index (χ2v) is 3.97. The molecule has 0 spiro atoms. The van der Waals surface area contributed by atoms with Crippen LogP contribution in [0.5, 0.6) is 0 Å². The summed E-state index contributed by atoms with van der Waals surface area (Å²) in [5.74, 6) is 1.08. The van der Waals surface area contributed by atoms with Crippen molar-refractivity contribution >= 4 is 17.5 Å². The van der Waals surface area contributed by atoms with Crippen molar-refractivity contribution < 1.29 is 4.79 Å². The van der Waals surface area contributed by atoms with Gasteiger partial charge in [-0.05, 0) is 24.3 Å². The molecule has 0 aliphatic carbocycles. The minimum atomic E-state index is -0.195. The van der Waals surface area contributed by atoms with E-state index in [1.807, 2.05) is 25.1 Å². The van der Waals surface area contributed by atoms with Gasteiger partial charge in [-0.25, -0.2) is 9.97 Å². The first-order valence-corrected chi connectivity index (χ1v) is 5.52. The SMILES string of the molecule is CN(C)c1cc(C(=O)Nc2ccccn2)ccn1. The summed E-state index contributed by atoms with van der Waals surface area (Å²) in [6.07, 6.45) is 3.25. The number of nitrogens with zero attached hydrogens (tertiary/aromatic N) is 3. The van der Waals surface area contributed by atoms with Gasteiger partial charge in [-0.3, -0.25) is 4.79 Å². The first-order valence-electron chi connectivity index (χ1n) is 5.52. The zero-order valence-electron chi connectivity index (χ0n) is 10.3. The molecule has 5 nitrogen and oxygen atoms in total. The van der Waals surface area contributed by atoms with Crippen molar-refractivity contribution in [3.05, 3.63) is 48.3 Å². The van der Waals surface area contributed by atoms with Crippen molar-refractivity contribution in [3.8, 4) is 0 Å². The summed E-state index contributed by atoms with van der Waals surface area (Å²) >= 11 is 0. The van der Waals surface area contributed by atoms with Crippen molar-refractivity contribution in [2.24, 2.45) is 0 Å². The van der Waals surface area contributed by atoms with Gasteiger partial charge in [0.2, 0.25) is 0 Å². The Labute approximate surface area is 105 Å². The standard InChI is InChI=1S/C13H14N4O/c1-17(2)12-9-10(6-8-15-12)13(18)16-11-5-3-4-7-14-11/h3-9H,1-2H3,(H,14,16,18). The van der Waals surface area contributed by atoms with Crippen LogP contribution in [0.25, 0.3) is 0 Å². The summed E-state index contributed by atoms with van der Waals surface area (Å²) in [6, 6.07) is 8.77. The first-order chi connectivity index (χ1) is 8.66. The smallest absolute Gasteiger partial charge is 0.257 e. The van der Waals surface area contributed by atoms with Gasteiger partial charge in [0, 0.05) is 32.1 Å². The molecule has 0 saturated heterocycles. The summed E-state index contributed by atoms with van der Waals surface area (Å²) in [5, 5.41) is 2.73. The highest BCUT2D eigenvalue weighted by Crippen LogP contribution is 2.11. The fourth-order valence-corrected chi connectivity index (χ4v) is 1.43. The van der Waals surface area contributed by atoms with Gasteiger partial charge in [0.05, 0.1) is 0 Å². The van der Waals surface area contributed by atoms with Crippen LogP contribution in [-0.2, 0) is 0 Å². The van der Waals surface area contributed by atoms with Gasteiger partial charge >= 0.3 is 0 Å². The highest BCUT2D eigenvalue weighted by Gasteiger charge is 2.08. The molecule has 18 heavy (non-hydrogen) atoms. The third-order valence-corrected chi connectivity index (χ3v) is 2.37. The number of pyridine rings is 2. The van der Waals surface area contributed by atoms with Crippen molar-refractivity contribution in [1.82, 2.24) is 9.97 Å². The predicted molar refractivity (Wildman–Crippen MR) is 70.8 cm³/mol. The van der Waals surface area contributed by atoms with E-state index in [9.17, 15) is 4.79 Å². The van der Waals surface area contributed by atoms with E-state index in [4.69, 9.17) is 0 Å².